The normalized spacial score (nSPS) is 25.5. The van der Waals surface area contributed by atoms with Crippen LogP contribution in [-0.4, -0.2) is 58.7 Å². The van der Waals surface area contributed by atoms with E-state index in [0.29, 0.717) is 39.2 Å². The van der Waals surface area contributed by atoms with E-state index in [1.165, 1.54) is 4.90 Å². The topological polar surface area (TPSA) is 103 Å². The summed E-state index contributed by atoms with van der Waals surface area (Å²) in [7, 11) is -3.18. The molecule has 0 N–H and O–H groups in total. The van der Waals surface area contributed by atoms with Crippen molar-refractivity contribution in [2.24, 2.45) is 5.92 Å². The van der Waals surface area contributed by atoms with Gasteiger partial charge >= 0.3 is 0 Å². The number of piperidine rings is 1. The maximum Gasteiger partial charge on any atom is 0.270 e. The Bertz CT molecular complexity index is 1310. The van der Waals surface area contributed by atoms with Gasteiger partial charge in [-0.1, -0.05) is 37.8 Å². The van der Waals surface area contributed by atoms with Gasteiger partial charge in [0.2, 0.25) is 0 Å². The number of anilines is 1. The van der Waals surface area contributed by atoms with Gasteiger partial charge in [0.1, 0.15) is 21.8 Å². The van der Waals surface area contributed by atoms with Crippen molar-refractivity contribution in [1.29, 1.82) is 5.26 Å². The lowest BCUT2D eigenvalue weighted by molar-refractivity contribution is -0.123. The number of nitriles is 1. The molecule has 2 atom stereocenters. The van der Waals surface area contributed by atoms with Crippen LogP contribution in [0.3, 0.4) is 0 Å². The zero-order valence-electron chi connectivity index (χ0n) is 20.2. The highest BCUT2D eigenvalue weighted by Crippen LogP contribution is 2.39. The van der Waals surface area contributed by atoms with Crippen molar-refractivity contribution in [1.82, 2.24) is 9.47 Å². The average molecular weight is 535 g/mol. The Morgan fingerprint density at radius 2 is 2.03 bits per heavy atom. The lowest BCUT2D eigenvalue weighted by Crippen LogP contribution is -2.40. The van der Waals surface area contributed by atoms with Gasteiger partial charge in [0.05, 0.1) is 22.5 Å². The Morgan fingerprint density at radius 1 is 1.29 bits per heavy atom. The fourth-order valence-corrected chi connectivity index (χ4v) is 8.28. The van der Waals surface area contributed by atoms with Gasteiger partial charge in [-0.2, -0.15) is 5.26 Å². The van der Waals surface area contributed by atoms with E-state index in [-0.39, 0.29) is 28.5 Å². The molecule has 0 bridgehead atoms. The highest BCUT2D eigenvalue weighted by atomic mass is 32.2. The molecule has 35 heavy (non-hydrogen) atoms. The Hall–Kier alpha value is -2.16. The monoisotopic (exact) mass is 534 g/mol. The summed E-state index contributed by atoms with van der Waals surface area (Å²) < 4.78 is 26.0. The number of nitrogens with zero attached hydrogens (tertiary/aromatic N) is 4. The summed E-state index contributed by atoms with van der Waals surface area (Å²) in [6, 6.07) is 1.62. The molecule has 1 amide bonds. The number of carbonyl (C=O) groups excluding carboxylic acids is 1. The van der Waals surface area contributed by atoms with Crippen molar-refractivity contribution in [3.63, 3.8) is 0 Å². The number of carbonyl (C=O) groups is 1. The molecule has 0 radical (unpaired) electrons. The van der Waals surface area contributed by atoms with Crippen LogP contribution in [0.25, 0.3) is 6.08 Å². The third-order valence-corrected chi connectivity index (χ3v) is 10.0. The van der Waals surface area contributed by atoms with E-state index < -0.39 is 15.9 Å². The minimum Gasteiger partial charge on any atom is -0.357 e. The number of sulfone groups is 1. The smallest absolute Gasteiger partial charge is 0.270 e. The number of thioether (sulfide) groups is 1. The zero-order chi connectivity index (χ0) is 25.5. The fourth-order valence-electron chi connectivity index (χ4n) is 5.20. The Kier molecular flexibility index (Phi) is 7.46. The molecule has 4 heterocycles. The number of aromatic nitrogens is 1. The van der Waals surface area contributed by atoms with Crippen molar-refractivity contribution in [3.8, 4) is 6.07 Å². The lowest BCUT2D eigenvalue weighted by Gasteiger charge is -2.36. The van der Waals surface area contributed by atoms with Crippen LogP contribution in [0, 0.1) is 24.2 Å². The second-order valence-electron chi connectivity index (χ2n) is 9.61. The van der Waals surface area contributed by atoms with Crippen molar-refractivity contribution in [3.05, 3.63) is 31.9 Å². The molecule has 3 aliphatic heterocycles. The minimum atomic E-state index is -3.18. The van der Waals surface area contributed by atoms with Gasteiger partial charge in [0.25, 0.3) is 11.5 Å². The van der Waals surface area contributed by atoms with Crippen LogP contribution in [0.15, 0.2) is 9.70 Å². The first-order chi connectivity index (χ1) is 16.6. The van der Waals surface area contributed by atoms with Crippen LogP contribution in [0.2, 0.25) is 0 Å². The summed E-state index contributed by atoms with van der Waals surface area (Å²) in [5.74, 6) is 0.861. The lowest BCUT2D eigenvalue weighted by atomic mass is 9.98. The highest BCUT2D eigenvalue weighted by molar-refractivity contribution is 8.26. The zero-order valence-corrected chi connectivity index (χ0v) is 22.7. The predicted molar refractivity (Wildman–Crippen MR) is 143 cm³/mol. The Morgan fingerprint density at radius 3 is 2.63 bits per heavy atom. The van der Waals surface area contributed by atoms with Crippen molar-refractivity contribution >= 4 is 55.9 Å². The van der Waals surface area contributed by atoms with Crippen LogP contribution >= 0.6 is 24.0 Å². The van der Waals surface area contributed by atoms with Crippen molar-refractivity contribution < 1.29 is 13.2 Å². The molecular formula is C24H30N4O4S3. The summed E-state index contributed by atoms with van der Waals surface area (Å²) >= 11 is 6.63. The molecule has 2 unspecified atom stereocenters. The summed E-state index contributed by atoms with van der Waals surface area (Å²) in [6.45, 7) is 7.97. The summed E-state index contributed by atoms with van der Waals surface area (Å²) in [5.41, 5.74) is 1.01. The van der Waals surface area contributed by atoms with Gasteiger partial charge < -0.3 is 4.90 Å². The van der Waals surface area contributed by atoms with Crippen LogP contribution in [0.1, 0.15) is 56.2 Å². The van der Waals surface area contributed by atoms with Gasteiger partial charge in [-0.05, 0) is 50.2 Å². The van der Waals surface area contributed by atoms with E-state index >= 15 is 0 Å². The third kappa shape index (κ3) is 4.93. The molecule has 3 aliphatic rings. The molecule has 3 fully saturated rings. The molecule has 1 aromatic rings. The predicted octanol–water partition coefficient (Wildman–Crippen LogP) is 3.06. The van der Waals surface area contributed by atoms with Gasteiger partial charge in [-0.3, -0.25) is 19.1 Å². The van der Waals surface area contributed by atoms with Crippen LogP contribution in [0.5, 0.6) is 0 Å². The first-order valence-electron chi connectivity index (χ1n) is 12.0. The standard InChI is InChI=1S/C24H30N4O4S3/c1-4-8-27-21(26-9-5-6-15(2)13-26)18(16(3)19(12-25)22(27)29)11-20-23(30)28(24(33)34-20)17-7-10-35(31,32)14-17/h11,15,17H,4-10,13-14H2,1-3H3/b20-11-. The van der Waals surface area contributed by atoms with Crippen LogP contribution in [-0.2, 0) is 21.2 Å². The molecule has 3 saturated heterocycles. The van der Waals surface area contributed by atoms with E-state index in [0.717, 1.165) is 49.9 Å². The fraction of sp³-hybridized carbons (Fsp3) is 0.583. The SMILES string of the molecule is CCCn1c(N2CCCC(C)C2)c(/C=C2\SC(=S)N(C3CCS(=O)(=O)C3)C2=O)c(C)c(C#N)c1=O. The number of thiocarbonyl (C=S) groups is 1. The van der Waals surface area contributed by atoms with Gasteiger partial charge in [0, 0.05) is 25.2 Å². The first-order valence-corrected chi connectivity index (χ1v) is 15.0. The molecule has 188 valence electrons. The van der Waals surface area contributed by atoms with E-state index in [1.807, 2.05) is 6.92 Å². The minimum absolute atomic E-state index is 0.0533. The largest absolute Gasteiger partial charge is 0.357 e. The Labute approximate surface area is 215 Å². The average Bonchev–Trinajstić information content (AvgIpc) is 3.29. The Balaban J connectivity index is 1.85. The molecule has 0 saturated carbocycles. The van der Waals surface area contributed by atoms with Crippen LogP contribution < -0.4 is 10.5 Å². The first kappa shape index (κ1) is 25.9. The summed E-state index contributed by atoms with van der Waals surface area (Å²) in [4.78, 5) is 30.7. The number of hydrogen-bond donors (Lipinski definition) is 0. The number of pyridine rings is 1. The second-order valence-corrected chi connectivity index (χ2v) is 13.5. The third-order valence-electron chi connectivity index (χ3n) is 6.92. The molecule has 4 rings (SSSR count). The van der Waals surface area contributed by atoms with E-state index in [4.69, 9.17) is 12.2 Å². The van der Waals surface area contributed by atoms with Gasteiger partial charge in [0.15, 0.2) is 9.84 Å². The highest BCUT2D eigenvalue weighted by Gasteiger charge is 2.42. The molecule has 1 aromatic heterocycles. The molecular weight excluding hydrogens is 504 g/mol. The molecule has 0 spiro atoms. The second kappa shape index (κ2) is 10.1. The van der Waals surface area contributed by atoms with E-state index in [2.05, 4.69) is 17.9 Å². The van der Waals surface area contributed by atoms with Crippen molar-refractivity contribution in [2.45, 2.75) is 59.0 Å². The molecule has 0 aliphatic carbocycles. The molecule has 0 aromatic carbocycles. The summed E-state index contributed by atoms with van der Waals surface area (Å²) in [5, 5.41) is 9.79. The van der Waals surface area contributed by atoms with E-state index in [1.54, 1.807) is 17.6 Å². The van der Waals surface area contributed by atoms with Gasteiger partial charge in [-0.25, -0.2) is 8.42 Å². The number of amides is 1. The maximum atomic E-state index is 13.4. The van der Waals surface area contributed by atoms with Crippen molar-refractivity contribution in [2.75, 3.05) is 29.5 Å². The number of hydrogen-bond acceptors (Lipinski definition) is 8. The maximum absolute atomic E-state index is 13.4. The quantitative estimate of drug-likeness (QED) is 0.419. The van der Waals surface area contributed by atoms with Gasteiger partial charge in [-0.15, -0.1) is 0 Å². The van der Waals surface area contributed by atoms with Crippen LogP contribution in [0.4, 0.5) is 5.82 Å². The summed E-state index contributed by atoms with van der Waals surface area (Å²) in [6.07, 6.45) is 4.96. The van der Waals surface area contributed by atoms with E-state index in [9.17, 15) is 23.3 Å². The number of rotatable bonds is 5. The molecule has 11 heteroatoms. The molecule has 8 nitrogen and oxygen atoms in total.